The van der Waals surface area contributed by atoms with E-state index in [1.165, 1.54) is 13.3 Å². The molecule has 2 heterocycles. The zero-order chi connectivity index (χ0) is 21.3. The lowest BCUT2D eigenvalue weighted by molar-refractivity contribution is 0.102. The van der Waals surface area contributed by atoms with E-state index in [9.17, 15) is 4.79 Å². The summed E-state index contributed by atoms with van der Waals surface area (Å²) in [6, 6.07) is 11.6. The van der Waals surface area contributed by atoms with Crippen LogP contribution in [-0.4, -0.2) is 28.0 Å². The van der Waals surface area contributed by atoms with E-state index in [4.69, 9.17) is 39.5 Å². The smallest absolute Gasteiger partial charge is 0.260 e. The van der Waals surface area contributed by atoms with Gasteiger partial charge in [-0.25, -0.2) is 9.97 Å². The van der Waals surface area contributed by atoms with Crippen molar-refractivity contribution in [2.45, 2.75) is 0 Å². The number of carbonyl (C=O) groups excluding carboxylic acids is 1. The summed E-state index contributed by atoms with van der Waals surface area (Å²) in [5.74, 6) is 0.698. The van der Waals surface area contributed by atoms with Gasteiger partial charge in [-0.15, -0.1) is 0 Å². The third kappa shape index (κ3) is 4.14. The molecule has 10 heteroatoms. The molecule has 0 aliphatic carbocycles. The number of carbonyl (C=O) groups is 1. The molecule has 30 heavy (non-hydrogen) atoms. The van der Waals surface area contributed by atoms with Crippen LogP contribution >= 0.6 is 34.8 Å². The van der Waals surface area contributed by atoms with Crippen molar-refractivity contribution in [2.24, 2.45) is 0 Å². The summed E-state index contributed by atoms with van der Waals surface area (Å²) >= 11 is 18.4. The van der Waals surface area contributed by atoms with Crippen LogP contribution in [0.15, 0.2) is 48.7 Å². The largest absolute Gasteiger partial charge is 0.496 e. The minimum atomic E-state index is -0.401. The van der Waals surface area contributed by atoms with Crippen molar-refractivity contribution >= 4 is 69.2 Å². The normalized spacial score (nSPS) is 10.8. The number of imidazole rings is 1. The predicted octanol–water partition coefficient (Wildman–Crippen LogP) is 5.92. The lowest BCUT2D eigenvalue weighted by Crippen LogP contribution is -2.14. The van der Waals surface area contributed by atoms with E-state index in [0.717, 1.165) is 0 Å². The Hall–Kier alpha value is -3.00. The molecule has 1 amide bonds. The topological polar surface area (TPSA) is 91.9 Å². The number of benzene rings is 2. The van der Waals surface area contributed by atoms with Gasteiger partial charge in [0.05, 0.1) is 39.4 Å². The number of nitrogens with zero attached hydrogens (tertiary/aromatic N) is 2. The summed E-state index contributed by atoms with van der Waals surface area (Å²) in [6.45, 7) is 0. The van der Waals surface area contributed by atoms with Crippen molar-refractivity contribution in [2.75, 3.05) is 17.7 Å². The maximum absolute atomic E-state index is 12.8. The second kappa shape index (κ2) is 8.39. The highest BCUT2D eigenvalue weighted by Crippen LogP contribution is 2.33. The van der Waals surface area contributed by atoms with Gasteiger partial charge >= 0.3 is 0 Å². The number of H-pyrrole nitrogens is 1. The van der Waals surface area contributed by atoms with Gasteiger partial charge in [0.25, 0.3) is 5.91 Å². The number of rotatable bonds is 5. The number of anilines is 3. The Morgan fingerprint density at radius 3 is 2.57 bits per heavy atom. The number of aromatic nitrogens is 3. The second-order valence-electron chi connectivity index (χ2n) is 6.19. The Kier molecular flexibility index (Phi) is 5.67. The highest BCUT2D eigenvalue weighted by Gasteiger charge is 2.17. The van der Waals surface area contributed by atoms with Gasteiger partial charge in [-0.1, -0.05) is 40.9 Å². The van der Waals surface area contributed by atoms with Gasteiger partial charge in [0, 0.05) is 17.3 Å². The lowest BCUT2D eigenvalue weighted by Gasteiger charge is -2.09. The molecule has 2 aromatic heterocycles. The van der Waals surface area contributed by atoms with Crippen LogP contribution in [0.3, 0.4) is 0 Å². The molecule has 4 rings (SSSR count). The molecule has 2 aromatic carbocycles. The van der Waals surface area contributed by atoms with Crippen LogP contribution in [0.2, 0.25) is 15.1 Å². The number of halogens is 3. The molecule has 152 valence electrons. The number of para-hydroxylation sites is 1. The average molecular weight is 463 g/mol. The van der Waals surface area contributed by atoms with E-state index in [1.807, 2.05) is 0 Å². The SMILES string of the molecule is COc1cc2nc(Nc3c(Cl)cccc3Cl)[nH]c2cc1C(=O)Nc1cc(Cl)ccn1. The van der Waals surface area contributed by atoms with Crippen molar-refractivity contribution < 1.29 is 9.53 Å². The number of hydrogen-bond donors (Lipinski definition) is 3. The first kappa shape index (κ1) is 20.3. The predicted molar refractivity (Wildman–Crippen MR) is 120 cm³/mol. The lowest BCUT2D eigenvalue weighted by atomic mass is 10.1. The molecule has 0 bridgehead atoms. The molecular formula is C20H14Cl3N5O2. The maximum Gasteiger partial charge on any atom is 0.260 e. The first-order valence-electron chi connectivity index (χ1n) is 8.66. The Morgan fingerprint density at radius 2 is 1.87 bits per heavy atom. The third-order valence-corrected chi connectivity index (χ3v) is 5.08. The standard InChI is InChI=1S/C20H14Cl3N5O2/c1-30-16-9-15-14(8-11(16)19(29)27-17-7-10(21)5-6-24-17)25-20(26-15)28-18-12(22)3-2-4-13(18)23/h2-9H,1H3,(H,24,27,29)(H2,25,26,28). The molecule has 4 aromatic rings. The molecular weight excluding hydrogens is 449 g/mol. The number of aromatic amines is 1. The number of hydrogen-bond acceptors (Lipinski definition) is 5. The van der Waals surface area contributed by atoms with E-state index < -0.39 is 5.91 Å². The van der Waals surface area contributed by atoms with Crippen molar-refractivity contribution in [1.82, 2.24) is 15.0 Å². The summed E-state index contributed by atoms with van der Waals surface area (Å²) < 4.78 is 5.38. The first-order valence-corrected chi connectivity index (χ1v) is 9.79. The summed E-state index contributed by atoms with van der Waals surface area (Å²) in [6.07, 6.45) is 1.51. The number of amides is 1. The number of nitrogens with one attached hydrogen (secondary N) is 3. The molecule has 0 radical (unpaired) electrons. The Labute approximate surface area is 186 Å². The van der Waals surface area contributed by atoms with Gasteiger partial charge in [0.2, 0.25) is 5.95 Å². The minimum absolute atomic E-state index is 0.303. The monoisotopic (exact) mass is 461 g/mol. The van der Waals surface area contributed by atoms with Crippen molar-refractivity contribution in [3.05, 3.63) is 69.3 Å². The second-order valence-corrected chi connectivity index (χ2v) is 7.44. The van der Waals surface area contributed by atoms with Gasteiger partial charge in [-0.3, -0.25) is 4.79 Å². The molecule has 0 fully saturated rings. The zero-order valence-electron chi connectivity index (χ0n) is 15.5. The van der Waals surface area contributed by atoms with Crippen LogP contribution in [0.1, 0.15) is 10.4 Å². The van der Waals surface area contributed by atoms with Crippen LogP contribution in [0.4, 0.5) is 17.5 Å². The van der Waals surface area contributed by atoms with E-state index in [-0.39, 0.29) is 0 Å². The van der Waals surface area contributed by atoms with Gasteiger partial charge in [0.15, 0.2) is 0 Å². The third-order valence-electron chi connectivity index (χ3n) is 4.22. The van der Waals surface area contributed by atoms with Crippen molar-refractivity contribution in [1.29, 1.82) is 0 Å². The molecule has 7 nitrogen and oxygen atoms in total. The van der Waals surface area contributed by atoms with Crippen LogP contribution < -0.4 is 15.4 Å². The molecule has 0 atom stereocenters. The van der Waals surface area contributed by atoms with E-state index in [0.29, 0.717) is 54.9 Å². The summed E-state index contributed by atoms with van der Waals surface area (Å²) in [7, 11) is 1.48. The fraction of sp³-hybridized carbons (Fsp3) is 0.0500. The highest BCUT2D eigenvalue weighted by atomic mass is 35.5. The van der Waals surface area contributed by atoms with Crippen molar-refractivity contribution in [3.8, 4) is 5.75 Å². The number of ether oxygens (including phenoxy) is 1. The molecule has 0 saturated heterocycles. The van der Waals surface area contributed by atoms with E-state index >= 15 is 0 Å². The Balaban J connectivity index is 1.67. The van der Waals surface area contributed by atoms with Gasteiger partial charge < -0.3 is 20.4 Å². The van der Waals surface area contributed by atoms with E-state index in [1.54, 1.807) is 42.5 Å². The Morgan fingerprint density at radius 1 is 1.10 bits per heavy atom. The van der Waals surface area contributed by atoms with Gasteiger partial charge in [0.1, 0.15) is 11.6 Å². The molecule has 0 unspecified atom stereocenters. The number of pyridine rings is 1. The maximum atomic E-state index is 12.8. The van der Waals surface area contributed by atoms with Gasteiger partial charge in [-0.05, 0) is 30.3 Å². The number of methoxy groups -OCH3 is 1. The molecule has 0 aliphatic rings. The van der Waals surface area contributed by atoms with Crippen LogP contribution in [0.5, 0.6) is 5.75 Å². The fourth-order valence-electron chi connectivity index (χ4n) is 2.84. The first-order chi connectivity index (χ1) is 14.4. The van der Waals surface area contributed by atoms with E-state index in [2.05, 4.69) is 25.6 Å². The fourth-order valence-corrected chi connectivity index (χ4v) is 3.49. The van der Waals surface area contributed by atoms with Gasteiger partial charge in [-0.2, -0.15) is 0 Å². The summed E-state index contributed by atoms with van der Waals surface area (Å²) in [5, 5.41) is 7.14. The summed E-state index contributed by atoms with van der Waals surface area (Å²) in [4.78, 5) is 24.4. The highest BCUT2D eigenvalue weighted by molar-refractivity contribution is 6.39. The summed E-state index contributed by atoms with van der Waals surface area (Å²) in [5.41, 5.74) is 2.04. The molecule has 3 N–H and O–H groups in total. The van der Waals surface area contributed by atoms with Crippen molar-refractivity contribution in [3.63, 3.8) is 0 Å². The molecule has 0 spiro atoms. The number of fused-ring (bicyclic) bond motifs is 1. The minimum Gasteiger partial charge on any atom is -0.496 e. The Bertz CT molecular complexity index is 1240. The average Bonchev–Trinajstić information content (AvgIpc) is 3.11. The van der Waals surface area contributed by atoms with Crippen LogP contribution in [0.25, 0.3) is 11.0 Å². The molecule has 0 aliphatic heterocycles. The van der Waals surface area contributed by atoms with Crippen LogP contribution in [0, 0.1) is 0 Å². The zero-order valence-corrected chi connectivity index (χ0v) is 17.7. The quantitative estimate of drug-likeness (QED) is 0.342. The molecule has 0 saturated carbocycles. The van der Waals surface area contributed by atoms with Crippen LogP contribution in [-0.2, 0) is 0 Å².